The van der Waals surface area contributed by atoms with E-state index in [1.807, 2.05) is 11.3 Å². The molecule has 0 aliphatic carbocycles. The van der Waals surface area contributed by atoms with E-state index in [9.17, 15) is 0 Å². The molecular formula is C24H24NOS+. The van der Waals surface area contributed by atoms with Gasteiger partial charge in [-0.2, -0.15) is 0 Å². The highest BCUT2D eigenvalue weighted by Gasteiger charge is 2.34. The average Bonchev–Trinajstić information content (AvgIpc) is 2.99. The summed E-state index contributed by atoms with van der Waals surface area (Å²) in [5.41, 5.74) is 5.08. The molecule has 5 rings (SSSR count). The minimum atomic E-state index is 0.607. The standard InChI is InChI=1S/C24H24NOS/c1-13(2)12-19-24-21-18(27-19)10-11-25(5)22(21)20-14(3)16-8-6-7-9-17(16)15(4)23(20)26-24/h6-11,13H,12H2,1-5H3/q+1. The molecule has 3 heteroatoms. The maximum absolute atomic E-state index is 6.69. The number of pyridine rings is 1. The number of aromatic nitrogens is 1. The van der Waals surface area contributed by atoms with Gasteiger partial charge in [-0.05, 0) is 42.5 Å². The molecule has 1 aliphatic rings. The van der Waals surface area contributed by atoms with Crippen molar-refractivity contribution in [3.05, 3.63) is 52.5 Å². The van der Waals surface area contributed by atoms with Gasteiger partial charge in [-0.15, -0.1) is 11.3 Å². The highest BCUT2D eigenvalue weighted by atomic mass is 32.1. The second kappa shape index (κ2) is 5.80. The zero-order chi connectivity index (χ0) is 18.9. The summed E-state index contributed by atoms with van der Waals surface area (Å²) in [6.45, 7) is 8.98. The smallest absolute Gasteiger partial charge is 0.228 e. The van der Waals surface area contributed by atoms with Crippen molar-refractivity contribution in [3.8, 4) is 22.8 Å². The molecule has 0 fully saturated rings. The Morgan fingerprint density at radius 2 is 1.70 bits per heavy atom. The molecule has 1 aliphatic heterocycles. The normalized spacial score (nSPS) is 12.7. The van der Waals surface area contributed by atoms with Crippen LogP contribution in [0.3, 0.4) is 0 Å². The Labute approximate surface area is 164 Å². The third-order valence-electron chi connectivity index (χ3n) is 5.71. The maximum Gasteiger partial charge on any atom is 0.228 e. The van der Waals surface area contributed by atoms with Crippen molar-refractivity contribution in [2.24, 2.45) is 13.0 Å². The van der Waals surface area contributed by atoms with Crippen molar-refractivity contribution >= 4 is 32.2 Å². The SMILES string of the molecule is Cc1c2c(c(C)c3ccccc13)-c1c3c(c(CC(C)C)sc3cc[n+]1C)O2. The van der Waals surface area contributed by atoms with Gasteiger partial charge in [-0.3, -0.25) is 0 Å². The van der Waals surface area contributed by atoms with Gasteiger partial charge in [0.15, 0.2) is 11.9 Å². The van der Waals surface area contributed by atoms with Gasteiger partial charge in [0.1, 0.15) is 18.2 Å². The topological polar surface area (TPSA) is 13.1 Å². The fraction of sp³-hybridized carbons (Fsp3) is 0.292. The summed E-state index contributed by atoms with van der Waals surface area (Å²) in [6, 6.07) is 10.9. The van der Waals surface area contributed by atoms with Crippen molar-refractivity contribution < 1.29 is 9.30 Å². The molecule has 27 heavy (non-hydrogen) atoms. The van der Waals surface area contributed by atoms with Crippen molar-refractivity contribution in [1.29, 1.82) is 0 Å². The molecule has 0 N–H and O–H groups in total. The van der Waals surface area contributed by atoms with Gasteiger partial charge in [-0.1, -0.05) is 38.1 Å². The van der Waals surface area contributed by atoms with Gasteiger partial charge in [0, 0.05) is 16.5 Å². The number of fused-ring (bicyclic) bond motifs is 3. The van der Waals surface area contributed by atoms with Crippen LogP contribution in [0.25, 0.3) is 32.1 Å². The van der Waals surface area contributed by atoms with Crippen LogP contribution in [0.1, 0.15) is 29.9 Å². The van der Waals surface area contributed by atoms with Crippen LogP contribution >= 0.6 is 11.3 Å². The van der Waals surface area contributed by atoms with Crippen LogP contribution in [-0.2, 0) is 13.5 Å². The number of rotatable bonds is 2. The summed E-state index contributed by atoms with van der Waals surface area (Å²) >= 11 is 1.89. The van der Waals surface area contributed by atoms with Crippen molar-refractivity contribution in [1.82, 2.24) is 0 Å². The second-order valence-corrected chi connectivity index (χ2v) is 9.21. The highest BCUT2D eigenvalue weighted by Crippen LogP contribution is 2.53. The molecule has 4 aromatic rings. The van der Waals surface area contributed by atoms with Crippen LogP contribution < -0.4 is 9.30 Å². The van der Waals surface area contributed by atoms with Gasteiger partial charge >= 0.3 is 0 Å². The first-order valence-corrected chi connectivity index (χ1v) is 10.4. The summed E-state index contributed by atoms with van der Waals surface area (Å²) in [7, 11) is 2.15. The van der Waals surface area contributed by atoms with E-state index in [1.165, 1.54) is 48.1 Å². The van der Waals surface area contributed by atoms with Crippen LogP contribution in [0.2, 0.25) is 0 Å². The lowest BCUT2D eigenvalue weighted by molar-refractivity contribution is -0.659. The quantitative estimate of drug-likeness (QED) is 0.323. The molecule has 0 bridgehead atoms. The number of aryl methyl sites for hydroxylation is 3. The lowest BCUT2D eigenvalue weighted by atomic mass is 9.90. The first-order chi connectivity index (χ1) is 13.0. The van der Waals surface area contributed by atoms with Crippen LogP contribution in [0, 0.1) is 19.8 Å². The number of ether oxygens (including phenoxy) is 1. The molecule has 0 radical (unpaired) electrons. The summed E-state index contributed by atoms with van der Waals surface area (Å²) in [5, 5.41) is 3.88. The zero-order valence-electron chi connectivity index (χ0n) is 16.5. The molecule has 0 spiro atoms. The van der Waals surface area contributed by atoms with Gasteiger partial charge in [-0.25, -0.2) is 4.57 Å². The monoisotopic (exact) mass is 374 g/mol. The van der Waals surface area contributed by atoms with Gasteiger partial charge in [0.2, 0.25) is 5.69 Å². The van der Waals surface area contributed by atoms with E-state index in [2.05, 4.69) is 75.8 Å². The number of hydrogen-bond acceptors (Lipinski definition) is 2. The third-order valence-corrected chi connectivity index (χ3v) is 6.87. The molecule has 2 nitrogen and oxygen atoms in total. The molecule has 3 heterocycles. The number of nitrogens with zero attached hydrogens (tertiary/aromatic N) is 1. The van der Waals surface area contributed by atoms with Crippen LogP contribution in [-0.4, -0.2) is 0 Å². The third kappa shape index (κ3) is 2.28. The predicted molar refractivity (Wildman–Crippen MR) is 114 cm³/mol. The Hall–Kier alpha value is -2.39. The van der Waals surface area contributed by atoms with Crippen LogP contribution in [0.5, 0.6) is 11.5 Å². The van der Waals surface area contributed by atoms with E-state index < -0.39 is 0 Å². The molecule has 0 saturated heterocycles. The first-order valence-electron chi connectivity index (χ1n) is 9.61. The first kappa shape index (κ1) is 16.8. The molecule has 0 atom stereocenters. The number of hydrogen-bond donors (Lipinski definition) is 0. The molecule has 0 amide bonds. The van der Waals surface area contributed by atoms with E-state index in [1.54, 1.807) is 0 Å². The largest absolute Gasteiger partial charge is 0.454 e. The molecular weight excluding hydrogens is 350 g/mol. The lowest BCUT2D eigenvalue weighted by Gasteiger charge is -2.23. The maximum atomic E-state index is 6.69. The Balaban J connectivity index is 1.94. The average molecular weight is 375 g/mol. The van der Waals surface area contributed by atoms with Crippen LogP contribution in [0.15, 0.2) is 36.5 Å². The van der Waals surface area contributed by atoms with E-state index in [-0.39, 0.29) is 0 Å². The summed E-state index contributed by atoms with van der Waals surface area (Å²) in [4.78, 5) is 1.36. The van der Waals surface area contributed by atoms with Crippen LogP contribution in [0.4, 0.5) is 0 Å². The fourth-order valence-electron chi connectivity index (χ4n) is 4.43. The number of benzene rings is 2. The van der Waals surface area contributed by atoms with Crippen molar-refractivity contribution in [3.63, 3.8) is 0 Å². The molecule has 136 valence electrons. The predicted octanol–water partition coefficient (Wildman–Crippen LogP) is 6.47. The summed E-state index contributed by atoms with van der Waals surface area (Å²) in [5.74, 6) is 2.72. The Bertz CT molecular complexity index is 1230. The van der Waals surface area contributed by atoms with E-state index in [0.717, 1.165) is 17.9 Å². The Kier molecular flexibility index (Phi) is 3.60. The Morgan fingerprint density at radius 3 is 2.41 bits per heavy atom. The van der Waals surface area contributed by atoms with Crippen molar-refractivity contribution in [2.45, 2.75) is 34.1 Å². The Morgan fingerprint density at radius 1 is 1.00 bits per heavy atom. The van der Waals surface area contributed by atoms with E-state index >= 15 is 0 Å². The summed E-state index contributed by atoms with van der Waals surface area (Å²) < 4.78 is 10.3. The zero-order valence-corrected chi connectivity index (χ0v) is 17.3. The second-order valence-electron chi connectivity index (χ2n) is 8.07. The highest BCUT2D eigenvalue weighted by molar-refractivity contribution is 7.19. The minimum Gasteiger partial charge on any atom is -0.454 e. The van der Waals surface area contributed by atoms with Gasteiger partial charge in [0.25, 0.3) is 0 Å². The van der Waals surface area contributed by atoms with E-state index in [4.69, 9.17) is 4.74 Å². The van der Waals surface area contributed by atoms with Crippen molar-refractivity contribution in [2.75, 3.05) is 0 Å². The molecule has 0 unspecified atom stereocenters. The van der Waals surface area contributed by atoms with E-state index in [0.29, 0.717) is 5.92 Å². The molecule has 0 saturated carbocycles. The van der Waals surface area contributed by atoms with Gasteiger partial charge in [0.05, 0.1) is 10.3 Å². The molecule has 2 aromatic heterocycles. The fourth-order valence-corrected chi connectivity index (χ4v) is 5.77. The minimum absolute atomic E-state index is 0.607. The number of thiophene rings is 1. The molecule has 2 aromatic carbocycles. The van der Waals surface area contributed by atoms with Gasteiger partial charge < -0.3 is 4.74 Å². The summed E-state index contributed by atoms with van der Waals surface area (Å²) in [6.07, 6.45) is 3.24. The lowest BCUT2D eigenvalue weighted by Crippen LogP contribution is -2.31.